The predicted octanol–water partition coefficient (Wildman–Crippen LogP) is 1.44. The predicted molar refractivity (Wildman–Crippen MR) is 98.5 cm³/mol. The third-order valence-electron chi connectivity index (χ3n) is 4.64. The number of ether oxygens (including phenoxy) is 2. The van der Waals surface area contributed by atoms with Crippen molar-refractivity contribution in [2.75, 3.05) is 24.6 Å². The third kappa shape index (κ3) is 3.46. The molecule has 0 aliphatic carbocycles. The summed E-state index contributed by atoms with van der Waals surface area (Å²) in [6.45, 7) is -0.178. The minimum Gasteiger partial charge on any atom is -0.488 e. The molecular weight excluding hydrogens is 366 g/mol. The molecule has 1 N–H and O–H groups in total. The molecule has 0 aromatic heterocycles. The van der Waals surface area contributed by atoms with Crippen LogP contribution in [-0.2, 0) is 16.0 Å². The Hall–Kier alpha value is -3.62. The number of amides is 2. The fourth-order valence-electron chi connectivity index (χ4n) is 3.27. The molecule has 1 atom stereocenters. The maximum absolute atomic E-state index is 12.4. The zero-order valence-electron chi connectivity index (χ0n) is 14.8. The first kappa shape index (κ1) is 17.8. The highest BCUT2D eigenvalue weighted by Crippen LogP contribution is 2.35. The largest absolute Gasteiger partial charge is 0.488 e. The summed E-state index contributed by atoms with van der Waals surface area (Å²) in [6.07, 6.45) is 0.525. The minimum atomic E-state index is -0.563. The van der Waals surface area contributed by atoms with E-state index in [2.05, 4.69) is 5.32 Å². The van der Waals surface area contributed by atoms with Crippen molar-refractivity contribution in [3.05, 3.63) is 58.1 Å². The summed E-state index contributed by atoms with van der Waals surface area (Å²) in [6, 6.07) is 11.6. The van der Waals surface area contributed by atoms with Gasteiger partial charge < -0.3 is 14.8 Å². The van der Waals surface area contributed by atoms with Crippen LogP contribution in [0.4, 0.5) is 11.4 Å². The number of nitro benzene ring substituents is 1. The Labute approximate surface area is 160 Å². The molecule has 9 nitrogen and oxygen atoms in total. The van der Waals surface area contributed by atoms with E-state index in [0.717, 1.165) is 11.3 Å². The van der Waals surface area contributed by atoms with Gasteiger partial charge in [0.25, 0.3) is 11.6 Å². The van der Waals surface area contributed by atoms with E-state index < -0.39 is 10.8 Å². The van der Waals surface area contributed by atoms with Crippen LogP contribution in [0.25, 0.3) is 0 Å². The Morgan fingerprint density at radius 3 is 2.86 bits per heavy atom. The molecular formula is C19H17N3O6. The van der Waals surface area contributed by atoms with Crippen molar-refractivity contribution in [1.82, 2.24) is 5.32 Å². The number of carbonyl (C=O) groups is 2. The second-order valence-corrected chi connectivity index (χ2v) is 6.53. The number of non-ortho nitro benzene ring substituents is 1. The zero-order chi connectivity index (χ0) is 19.7. The van der Waals surface area contributed by atoms with Gasteiger partial charge in [0.2, 0.25) is 5.91 Å². The smallest absolute Gasteiger partial charge is 0.271 e. The highest BCUT2D eigenvalue weighted by molar-refractivity contribution is 6.02. The Balaban J connectivity index is 1.40. The maximum Gasteiger partial charge on any atom is 0.271 e. The van der Waals surface area contributed by atoms with Crippen molar-refractivity contribution >= 4 is 23.2 Å². The van der Waals surface area contributed by atoms with Gasteiger partial charge in [0, 0.05) is 18.6 Å². The van der Waals surface area contributed by atoms with E-state index in [9.17, 15) is 19.7 Å². The average Bonchev–Trinajstić information content (AvgIpc) is 3.11. The molecule has 9 heteroatoms. The van der Waals surface area contributed by atoms with E-state index in [1.807, 2.05) is 24.3 Å². The molecule has 0 radical (unpaired) electrons. The highest BCUT2D eigenvalue weighted by atomic mass is 16.6. The quantitative estimate of drug-likeness (QED) is 0.618. The fraction of sp³-hybridized carbons (Fsp3) is 0.263. The van der Waals surface area contributed by atoms with Gasteiger partial charge in [-0.3, -0.25) is 24.6 Å². The van der Waals surface area contributed by atoms with Gasteiger partial charge in [-0.05, 0) is 17.7 Å². The first-order valence-corrected chi connectivity index (χ1v) is 8.74. The van der Waals surface area contributed by atoms with Crippen molar-refractivity contribution in [2.24, 2.45) is 0 Å². The first-order chi connectivity index (χ1) is 13.5. The second-order valence-electron chi connectivity index (χ2n) is 6.53. The number of hydrogen-bond acceptors (Lipinski definition) is 6. The molecule has 1 unspecified atom stereocenters. The SMILES string of the molecule is O=C(CN1C(=O)COc2ccc([N+](=O)[O-])cc21)NCC1Cc2ccccc2O1. The molecule has 0 saturated heterocycles. The maximum atomic E-state index is 12.4. The van der Waals surface area contributed by atoms with Gasteiger partial charge in [0.1, 0.15) is 24.1 Å². The number of nitro groups is 1. The molecule has 2 aromatic rings. The van der Waals surface area contributed by atoms with E-state index in [0.29, 0.717) is 18.7 Å². The van der Waals surface area contributed by atoms with Gasteiger partial charge in [-0.25, -0.2) is 0 Å². The lowest BCUT2D eigenvalue weighted by Crippen LogP contribution is -2.46. The van der Waals surface area contributed by atoms with Crippen LogP contribution in [0.3, 0.4) is 0 Å². The number of anilines is 1. The molecule has 144 valence electrons. The number of nitrogens with one attached hydrogen (secondary N) is 1. The Morgan fingerprint density at radius 2 is 2.07 bits per heavy atom. The Kier molecular flexibility index (Phi) is 4.56. The summed E-state index contributed by atoms with van der Waals surface area (Å²) >= 11 is 0. The van der Waals surface area contributed by atoms with E-state index in [-0.39, 0.29) is 36.5 Å². The van der Waals surface area contributed by atoms with Crippen LogP contribution in [-0.4, -0.2) is 42.5 Å². The monoisotopic (exact) mass is 383 g/mol. The number of para-hydroxylation sites is 1. The molecule has 2 amide bonds. The fourth-order valence-corrected chi connectivity index (χ4v) is 3.27. The van der Waals surface area contributed by atoms with Gasteiger partial charge >= 0.3 is 0 Å². The van der Waals surface area contributed by atoms with Crippen LogP contribution in [0.2, 0.25) is 0 Å². The third-order valence-corrected chi connectivity index (χ3v) is 4.64. The standard InChI is InChI=1S/C19H17N3O6/c23-18(20-9-14-7-12-3-1-2-4-16(12)28-14)10-21-15-8-13(22(25)26)5-6-17(15)27-11-19(21)24/h1-6,8,14H,7,9-11H2,(H,20,23). The second kappa shape index (κ2) is 7.18. The number of carbonyl (C=O) groups excluding carboxylic acids is 2. The van der Waals surface area contributed by atoms with Crippen LogP contribution in [0.5, 0.6) is 11.5 Å². The van der Waals surface area contributed by atoms with Crippen LogP contribution in [0.15, 0.2) is 42.5 Å². The molecule has 0 bridgehead atoms. The van der Waals surface area contributed by atoms with Crippen molar-refractivity contribution in [3.63, 3.8) is 0 Å². The zero-order valence-corrected chi connectivity index (χ0v) is 14.8. The van der Waals surface area contributed by atoms with E-state index >= 15 is 0 Å². The number of benzene rings is 2. The number of hydrogen-bond donors (Lipinski definition) is 1. The topological polar surface area (TPSA) is 111 Å². The van der Waals surface area contributed by atoms with E-state index in [1.54, 1.807) is 0 Å². The van der Waals surface area contributed by atoms with Crippen LogP contribution >= 0.6 is 0 Å². The molecule has 2 aliphatic rings. The van der Waals surface area contributed by atoms with Gasteiger partial charge in [-0.2, -0.15) is 0 Å². The van der Waals surface area contributed by atoms with Crippen LogP contribution < -0.4 is 19.7 Å². The summed E-state index contributed by atoms with van der Waals surface area (Å²) < 4.78 is 11.1. The van der Waals surface area contributed by atoms with Crippen molar-refractivity contribution in [1.29, 1.82) is 0 Å². The van der Waals surface area contributed by atoms with Crippen molar-refractivity contribution in [3.8, 4) is 11.5 Å². The Bertz CT molecular complexity index is 935. The number of rotatable bonds is 5. The lowest BCUT2D eigenvalue weighted by molar-refractivity contribution is -0.384. The van der Waals surface area contributed by atoms with Gasteiger partial charge in [0.15, 0.2) is 6.61 Å². The molecule has 0 fully saturated rings. The van der Waals surface area contributed by atoms with E-state index in [1.165, 1.54) is 23.1 Å². The van der Waals surface area contributed by atoms with Gasteiger partial charge in [-0.1, -0.05) is 18.2 Å². The number of nitrogens with zero attached hydrogens (tertiary/aromatic N) is 2. The summed E-state index contributed by atoms with van der Waals surface area (Å²) in [4.78, 5) is 36.2. The molecule has 0 saturated carbocycles. The molecule has 2 aromatic carbocycles. The summed E-state index contributed by atoms with van der Waals surface area (Å²) in [5.41, 5.74) is 1.12. The molecule has 4 rings (SSSR count). The highest BCUT2D eigenvalue weighted by Gasteiger charge is 2.30. The first-order valence-electron chi connectivity index (χ1n) is 8.74. The van der Waals surface area contributed by atoms with Crippen LogP contribution in [0.1, 0.15) is 5.56 Å². The minimum absolute atomic E-state index is 0.171. The molecule has 0 spiro atoms. The van der Waals surface area contributed by atoms with Gasteiger partial charge in [-0.15, -0.1) is 0 Å². The van der Waals surface area contributed by atoms with Crippen LogP contribution in [0, 0.1) is 10.1 Å². The molecule has 2 aliphatic heterocycles. The molecule has 28 heavy (non-hydrogen) atoms. The lowest BCUT2D eigenvalue weighted by atomic mass is 10.1. The van der Waals surface area contributed by atoms with Gasteiger partial charge in [0.05, 0.1) is 17.2 Å². The summed E-state index contributed by atoms with van der Waals surface area (Å²) in [7, 11) is 0. The average molecular weight is 383 g/mol. The van der Waals surface area contributed by atoms with E-state index in [4.69, 9.17) is 9.47 Å². The van der Waals surface area contributed by atoms with Crippen molar-refractivity contribution < 1.29 is 24.0 Å². The molecule has 2 heterocycles. The van der Waals surface area contributed by atoms with Crippen molar-refractivity contribution in [2.45, 2.75) is 12.5 Å². The summed E-state index contributed by atoms with van der Waals surface area (Å²) in [5, 5.41) is 13.8. The summed E-state index contributed by atoms with van der Waals surface area (Å²) in [5.74, 6) is 0.318. The normalized spacial score (nSPS) is 17.2. The number of fused-ring (bicyclic) bond motifs is 2. The Morgan fingerprint density at radius 1 is 1.25 bits per heavy atom. The lowest BCUT2D eigenvalue weighted by Gasteiger charge is -2.28.